The van der Waals surface area contributed by atoms with Crippen molar-refractivity contribution >= 4 is 0 Å². The Kier molecular flexibility index (Phi) is 13.6. The first kappa shape index (κ1) is 14.8. The Morgan fingerprint density at radius 3 is 1.80 bits per heavy atom. The Balaban J connectivity index is 2.81. The lowest BCUT2D eigenvalue weighted by Crippen LogP contribution is -2.23. The number of hydroxylamine groups is 1. The second-order valence-corrected chi connectivity index (χ2v) is 3.61. The van der Waals surface area contributed by atoms with Crippen LogP contribution in [0.15, 0.2) is 0 Å². The summed E-state index contributed by atoms with van der Waals surface area (Å²) in [5.74, 6) is 0. The van der Waals surface area contributed by atoms with Crippen molar-refractivity contribution in [2.45, 2.75) is 25.7 Å². The summed E-state index contributed by atoms with van der Waals surface area (Å²) in [6, 6.07) is 0. The van der Waals surface area contributed by atoms with E-state index in [1.165, 1.54) is 12.8 Å². The molecule has 0 aromatic carbocycles. The Bertz CT molecular complexity index is 102. The molecule has 92 valence electrons. The van der Waals surface area contributed by atoms with Gasteiger partial charge < -0.3 is 21.6 Å². The van der Waals surface area contributed by atoms with Gasteiger partial charge in [0, 0.05) is 6.54 Å². The van der Waals surface area contributed by atoms with E-state index < -0.39 is 0 Å². The second kappa shape index (κ2) is 13.8. The Morgan fingerprint density at radius 2 is 1.27 bits per heavy atom. The summed E-state index contributed by atoms with van der Waals surface area (Å²) in [6.45, 7) is 5.57. The van der Waals surface area contributed by atoms with Crippen LogP contribution in [-0.4, -0.2) is 44.5 Å². The van der Waals surface area contributed by atoms with Gasteiger partial charge in [0.1, 0.15) is 0 Å². The fourth-order valence-electron chi connectivity index (χ4n) is 1.27. The third-order valence-corrected chi connectivity index (χ3v) is 2.16. The van der Waals surface area contributed by atoms with Gasteiger partial charge in [0.15, 0.2) is 0 Å². The van der Waals surface area contributed by atoms with Crippen molar-refractivity contribution < 1.29 is 5.21 Å². The fourth-order valence-corrected chi connectivity index (χ4v) is 1.27. The van der Waals surface area contributed by atoms with E-state index in [-0.39, 0.29) is 0 Å². The van der Waals surface area contributed by atoms with Crippen molar-refractivity contribution in [3.05, 3.63) is 0 Å². The molecule has 0 bridgehead atoms. The van der Waals surface area contributed by atoms with E-state index in [1.807, 2.05) is 0 Å². The van der Waals surface area contributed by atoms with Crippen LogP contribution < -0.4 is 21.8 Å². The van der Waals surface area contributed by atoms with E-state index >= 15 is 0 Å². The summed E-state index contributed by atoms with van der Waals surface area (Å²) >= 11 is 0. The number of unbranched alkanes of at least 4 members (excludes halogenated alkanes) is 1. The van der Waals surface area contributed by atoms with Gasteiger partial charge in [-0.1, -0.05) is 0 Å². The van der Waals surface area contributed by atoms with Crippen molar-refractivity contribution in [1.29, 1.82) is 0 Å². The molecule has 0 aliphatic rings. The first-order valence-corrected chi connectivity index (χ1v) is 5.90. The monoisotopic (exact) mass is 218 g/mol. The minimum Gasteiger partial charge on any atom is -0.330 e. The predicted octanol–water partition coefficient (Wildman–Crippen LogP) is -0.336. The maximum atomic E-state index is 8.31. The van der Waals surface area contributed by atoms with Crippen LogP contribution in [0.3, 0.4) is 0 Å². The average molecular weight is 218 g/mol. The minimum atomic E-state index is 0.660. The Hall–Kier alpha value is -0.200. The molecule has 0 heterocycles. The molecule has 0 atom stereocenters. The molecule has 0 rings (SSSR count). The van der Waals surface area contributed by atoms with Crippen molar-refractivity contribution in [2.24, 2.45) is 5.73 Å². The van der Waals surface area contributed by atoms with Crippen LogP contribution in [0.4, 0.5) is 0 Å². The van der Waals surface area contributed by atoms with E-state index in [4.69, 9.17) is 10.9 Å². The highest BCUT2D eigenvalue weighted by Crippen LogP contribution is 1.85. The van der Waals surface area contributed by atoms with Crippen molar-refractivity contribution in [2.75, 3.05) is 39.3 Å². The number of hydrogen-bond acceptors (Lipinski definition) is 5. The van der Waals surface area contributed by atoms with Crippen LogP contribution in [0.5, 0.6) is 0 Å². The highest BCUT2D eigenvalue weighted by atomic mass is 16.5. The predicted molar refractivity (Wildman–Crippen MR) is 63.1 cm³/mol. The van der Waals surface area contributed by atoms with Crippen LogP contribution in [0.1, 0.15) is 25.7 Å². The van der Waals surface area contributed by atoms with Crippen LogP contribution >= 0.6 is 0 Å². The summed E-state index contributed by atoms with van der Waals surface area (Å²) in [6.07, 6.45) is 4.43. The molecule has 0 unspecified atom stereocenters. The van der Waals surface area contributed by atoms with Gasteiger partial charge in [-0.25, -0.2) is 5.48 Å². The molecule has 6 N–H and O–H groups in total. The molecule has 0 aliphatic heterocycles. The minimum absolute atomic E-state index is 0.660. The molecule has 5 nitrogen and oxygen atoms in total. The lowest BCUT2D eigenvalue weighted by Gasteiger charge is -2.05. The fraction of sp³-hybridized carbons (Fsp3) is 1.00. The normalized spacial score (nSPS) is 10.8. The zero-order valence-electron chi connectivity index (χ0n) is 9.60. The van der Waals surface area contributed by atoms with Gasteiger partial charge in [-0.2, -0.15) is 0 Å². The molecule has 15 heavy (non-hydrogen) atoms. The standard InChI is InChI=1S/C10H26N4O/c11-5-3-8-12-6-1-2-7-13-9-4-10-14-15/h12-15H,1-11H2. The molecule has 0 aromatic heterocycles. The second-order valence-electron chi connectivity index (χ2n) is 3.61. The van der Waals surface area contributed by atoms with Crippen molar-refractivity contribution in [1.82, 2.24) is 16.1 Å². The first-order valence-electron chi connectivity index (χ1n) is 5.90. The van der Waals surface area contributed by atoms with Gasteiger partial charge in [-0.15, -0.1) is 0 Å². The smallest absolute Gasteiger partial charge is 0.0219 e. The summed E-state index contributed by atoms with van der Waals surface area (Å²) in [5.41, 5.74) is 7.51. The van der Waals surface area contributed by atoms with Gasteiger partial charge in [-0.3, -0.25) is 0 Å². The lowest BCUT2D eigenvalue weighted by atomic mass is 10.3. The number of nitrogens with one attached hydrogen (secondary N) is 3. The molecular formula is C10H26N4O. The molecule has 0 radical (unpaired) electrons. The maximum absolute atomic E-state index is 8.31. The summed E-state index contributed by atoms with van der Waals surface area (Å²) < 4.78 is 0. The molecule has 0 fully saturated rings. The first-order chi connectivity index (χ1) is 7.41. The number of hydrogen-bond donors (Lipinski definition) is 5. The molecule has 0 spiro atoms. The van der Waals surface area contributed by atoms with E-state index in [9.17, 15) is 0 Å². The van der Waals surface area contributed by atoms with Crippen LogP contribution in [0, 0.1) is 0 Å². The van der Waals surface area contributed by atoms with Gasteiger partial charge in [0.2, 0.25) is 0 Å². The van der Waals surface area contributed by atoms with Gasteiger partial charge >= 0.3 is 0 Å². The van der Waals surface area contributed by atoms with Crippen molar-refractivity contribution in [3.63, 3.8) is 0 Å². The molecule has 0 amide bonds. The summed E-state index contributed by atoms with van der Waals surface area (Å²) in [7, 11) is 0. The molecule has 5 heteroatoms. The van der Waals surface area contributed by atoms with E-state index in [0.717, 1.165) is 45.6 Å². The number of nitrogens with two attached hydrogens (primary N) is 1. The molecule has 0 aliphatic carbocycles. The Morgan fingerprint density at radius 1 is 0.733 bits per heavy atom. The largest absolute Gasteiger partial charge is 0.330 e. The van der Waals surface area contributed by atoms with E-state index in [0.29, 0.717) is 6.54 Å². The third kappa shape index (κ3) is 13.8. The lowest BCUT2D eigenvalue weighted by molar-refractivity contribution is 0.165. The third-order valence-electron chi connectivity index (χ3n) is 2.16. The molecule has 0 aromatic rings. The topological polar surface area (TPSA) is 82.3 Å². The van der Waals surface area contributed by atoms with Crippen molar-refractivity contribution in [3.8, 4) is 0 Å². The van der Waals surface area contributed by atoms with E-state index in [2.05, 4.69) is 16.1 Å². The molecule has 0 saturated carbocycles. The van der Waals surface area contributed by atoms with Gasteiger partial charge in [0.25, 0.3) is 0 Å². The number of rotatable bonds is 12. The van der Waals surface area contributed by atoms with Crippen LogP contribution in [0.25, 0.3) is 0 Å². The quantitative estimate of drug-likeness (QED) is 0.229. The van der Waals surface area contributed by atoms with Gasteiger partial charge in [-0.05, 0) is 58.4 Å². The zero-order valence-corrected chi connectivity index (χ0v) is 9.60. The SMILES string of the molecule is NCCCNCCCCNCCCNO. The highest BCUT2D eigenvalue weighted by Gasteiger charge is 1.90. The van der Waals surface area contributed by atoms with Gasteiger partial charge in [0.05, 0.1) is 0 Å². The van der Waals surface area contributed by atoms with E-state index in [1.54, 1.807) is 0 Å². The average Bonchev–Trinajstić information content (AvgIpc) is 2.26. The molecule has 0 saturated heterocycles. The highest BCUT2D eigenvalue weighted by molar-refractivity contribution is 4.52. The van der Waals surface area contributed by atoms with Crippen LogP contribution in [0.2, 0.25) is 0 Å². The zero-order chi connectivity index (χ0) is 11.2. The summed E-state index contributed by atoms with van der Waals surface area (Å²) in [5, 5.41) is 15.0. The Labute approximate surface area is 92.8 Å². The van der Waals surface area contributed by atoms with Crippen LogP contribution in [-0.2, 0) is 0 Å². The molecular weight excluding hydrogens is 192 g/mol. The maximum Gasteiger partial charge on any atom is 0.0219 e. The summed E-state index contributed by atoms with van der Waals surface area (Å²) in [4.78, 5) is 0.